The third-order valence-corrected chi connectivity index (χ3v) is 8.31. The van der Waals surface area contributed by atoms with Crippen molar-refractivity contribution in [3.63, 3.8) is 0 Å². The van der Waals surface area contributed by atoms with Crippen molar-refractivity contribution < 1.29 is 26.7 Å². The number of hydrogen-bond acceptors (Lipinski definition) is 7. The van der Waals surface area contributed by atoms with Crippen LogP contribution in [0.3, 0.4) is 0 Å². The van der Waals surface area contributed by atoms with Crippen LogP contribution in [-0.2, 0) is 24.8 Å². The number of nitrogens with zero attached hydrogens (tertiary/aromatic N) is 2. The second-order valence-electron chi connectivity index (χ2n) is 9.18. The number of amidine groups is 1. The van der Waals surface area contributed by atoms with Gasteiger partial charge in [-0.25, -0.2) is 8.42 Å². The van der Waals surface area contributed by atoms with E-state index in [9.17, 15) is 26.7 Å². The Morgan fingerprint density at radius 1 is 1.33 bits per heavy atom. The Morgan fingerprint density at radius 3 is 2.61 bits per heavy atom. The molecule has 2 aliphatic heterocycles. The van der Waals surface area contributed by atoms with Gasteiger partial charge in [0.05, 0.1) is 11.9 Å². The fraction of sp³-hybridized carbons (Fsp3) is 0.524. The summed E-state index contributed by atoms with van der Waals surface area (Å²) in [4.78, 5) is 14.9. The number of fused-ring (bicyclic) bond motifs is 1. The smallest absolute Gasteiger partial charge is 0.286 e. The van der Waals surface area contributed by atoms with Crippen LogP contribution in [0, 0.1) is 5.41 Å². The summed E-state index contributed by atoms with van der Waals surface area (Å²) in [7, 11) is -7.87. The molecule has 4 rings (SSSR count). The molecule has 0 saturated heterocycles. The van der Waals surface area contributed by atoms with Crippen molar-refractivity contribution in [1.29, 1.82) is 0 Å². The SMILES string of the molecule is CCC[C@]1(C)CN(C2CCC2)C(=O)C(C2=NS(=O)(=O)c3cc(NS(C)(=O)=O)ccc3N2)=C1O. The zero-order valence-electron chi connectivity index (χ0n) is 18.8. The molecule has 33 heavy (non-hydrogen) atoms. The van der Waals surface area contributed by atoms with Gasteiger partial charge >= 0.3 is 0 Å². The van der Waals surface area contributed by atoms with E-state index in [2.05, 4.69) is 14.4 Å². The number of amides is 1. The van der Waals surface area contributed by atoms with Gasteiger partial charge in [-0.15, -0.1) is 4.40 Å². The van der Waals surface area contributed by atoms with Crippen LogP contribution in [0.15, 0.2) is 38.8 Å². The molecule has 1 aliphatic carbocycles. The van der Waals surface area contributed by atoms with Gasteiger partial charge < -0.3 is 15.3 Å². The van der Waals surface area contributed by atoms with Crippen molar-refractivity contribution in [2.45, 2.75) is 56.9 Å². The quantitative estimate of drug-likeness (QED) is 0.549. The third kappa shape index (κ3) is 4.33. The molecular weight excluding hydrogens is 468 g/mol. The maximum atomic E-state index is 13.4. The number of anilines is 2. The Morgan fingerprint density at radius 2 is 2.03 bits per heavy atom. The predicted octanol–water partition coefficient (Wildman–Crippen LogP) is 2.58. The highest BCUT2D eigenvalue weighted by atomic mass is 32.2. The summed E-state index contributed by atoms with van der Waals surface area (Å²) >= 11 is 0. The lowest BCUT2D eigenvalue weighted by Crippen LogP contribution is -2.55. The van der Waals surface area contributed by atoms with Crippen LogP contribution >= 0.6 is 0 Å². The standard InChI is InChI=1S/C21H28N4O6S2/c1-4-10-21(2)12-25(14-6-5-7-14)20(27)17(18(21)26)19-22-15-9-8-13(23-32(3,28)29)11-16(15)33(30,31)24-19/h8-9,11,14,23,26H,4-7,10,12H2,1-3H3,(H,22,24)/t21-/m1/s1. The molecule has 2 heterocycles. The number of benzene rings is 1. The average Bonchev–Trinajstić information content (AvgIpc) is 2.64. The molecule has 10 nitrogen and oxygen atoms in total. The minimum atomic E-state index is -4.27. The first-order valence-corrected chi connectivity index (χ1v) is 14.2. The molecule has 0 unspecified atom stereocenters. The molecule has 1 aromatic rings. The van der Waals surface area contributed by atoms with Gasteiger partial charge in [-0.05, 0) is 43.9 Å². The van der Waals surface area contributed by atoms with Gasteiger partial charge in [0.15, 0.2) is 5.84 Å². The van der Waals surface area contributed by atoms with Gasteiger partial charge in [-0.2, -0.15) is 8.42 Å². The Bertz CT molecular complexity index is 1280. The molecule has 0 bridgehead atoms. The fourth-order valence-corrected chi connectivity index (χ4v) is 6.27. The lowest BCUT2D eigenvalue weighted by Gasteiger charge is -2.46. The minimum Gasteiger partial charge on any atom is -0.511 e. The highest BCUT2D eigenvalue weighted by Crippen LogP contribution is 2.42. The summed E-state index contributed by atoms with van der Waals surface area (Å²) < 4.78 is 55.1. The predicted molar refractivity (Wildman–Crippen MR) is 125 cm³/mol. The fourth-order valence-electron chi connectivity index (χ4n) is 4.57. The first-order valence-electron chi connectivity index (χ1n) is 10.8. The molecule has 1 fully saturated rings. The molecule has 12 heteroatoms. The van der Waals surface area contributed by atoms with Crippen LogP contribution < -0.4 is 10.0 Å². The largest absolute Gasteiger partial charge is 0.511 e. The number of hydrogen-bond donors (Lipinski definition) is 3. The van der Waals surface area contributed by atoms with Gasteiger partial charge in [0, 0.05) is 23.7 Å². The Hall–Kier alpha value is -2.60. The normalized spacial score (nSPS) is 25.1. The van der Waals surface area contributed by atoms with Crippen LogP contribution in [-0.4, -0.2) is 57.4 Å². The highest BCUT2D eigenvalue weighted by molar-refractivity contribution is 7.92. The number of sulfonamides is 2. The van der Waals surface area contributed by atoms with Gasteiger partial charge in [0.2, 0.25) is 10.0 Å². The zero-order valence-corrected chi connectivity index (χ0v) is 20.4. The second-order valence-corrected chi connectivity index (χ2v) is 12.5. The molecule has 0 spiro atoms. The Balaban J connectivity index is 1.79. The van der Waals surface area contributed by atoms with Gasteiger partial charge in [-0.1, -0.05) is 20.3 Å². The van der Waals surface area contributed by atoms with Crippen LogP contribution in [0.1, 0.15) is 46.0 Å². The lowest BCUT2D eigenvalue weighted by atomic mass is 9.76. The van der Waals surface area contributed by atoms with Crippen molar-refractivity contribution in [3.8, 4) is 0 Å². The minimum absolute atomic E-state index is 0.0643. The molecule has 1 aromatic carbocycles. The van der Waals surface area contributed by atoms with E-state index in [1.807, 2.05) is 13.8 Å². The van der Waals surface area contributed by atoms with Gasteiger partial charge in [0.25, 0.3) is 15.9 Å². The highest BCUT2D eigenvalue weighted by Gasteiger charge is 2.47. The van der Waals surface area contributed by atoms with Crippen molar-refractivity contribution in [2.75, 3.05) is 22.8 Å². The molecular formula is C21H28N4O6S2. The molecule has 1 amide bonds. The van der Waals surface area contributed by atoms with Crippen LogP contribution in [0.4, 0.5) is 11.4 Å². The van der Waals surface area contributed by atoms with Gasteiger partial charge in [-0.3, -0.25) is 9.52 Å². The van der Waals surface area contributed by atoms with Crippen molar-refractivity contribution in [1.82, 2.24) is 4.90 Å². The summed E-state index contributed by atoms with van der Waals surface area (Å²) in [5.74, 6) is -0.823. The number of carbonyl (C=O) groups is 1. The lowest BCUT2D eigenvalue weighted by molar-refractivity contribution is -0.134. The Kier molecular flexibility index (Phi) is 5.72. The maximum absolute atomic E-state index is 13.4. The molecule has 0 radical (unpaired) electrons. The van der Waals surface area contributed by atoms with E-state index in [4.69, 9.17) is 0 Å². The van der Waals surface area contributed by atoms with Crippen molar-refractivity contribution in [3.05, 3.63) is 29.5 Å². The summed E-state index contributed by atoms with van der Waals surface area (Å²) in [6, 6.07) is 4.03. The second kappa shape index (κ2) is 8.01. The van der Waals surface area contributed by atoms with E-state index in [0.717, 1.165) is 38.0 Å². The van der Waals surface area contributed by atoms with Crippen molar-refractivity contribution >= 4 is 43.2 Å². The Labute approximate surface area is 193 Å². The van der Waals surface area contributed by atoms with E-state index < -0.39 is 31.4 Å². The number of aliphatic hydroxyl groups excluding tert-OH is 1. The maximum Gasteiger partial charge on any atom is 0.286 e. The van der Waals surface area contributed by atoms with E-state index >= 15 is 0 Å². The van der Waals surface area contributed by atoms with Crippen molar-refractivity contribution in [2.24, 2.45) is 9.81 Å². The number of nitrogens with one attached hydrogen (secondary N) is 2. The van der Waals surface area contributed by atoms with E-state index in [0.29, 0.717) is 13.0 Å². The average molecular weight is 497 g/mol. The topological polar surface area (TPSA) is 145 Å². The van der Waals surface area contributed by atoms with E-state index in [1.54, 1.807) is 4.90 Å². The summed E-state index contributed by atoms with van der Waals surface area (Å²) in [5.41, 5.74) is -0.630. The molecule has 1 saturated carbocycles. The molecule has 1 atom stereocenters. The van der Waals surface area contributed by atoms with Crippen LogP contribution in [0.5, 0.6) is 0 Å². The van der Waals surface area contributed by atoms with Crippen LogP contribution in [0.25, 0.3) is 0 Å². The monoisotopic (exact) mass is 496 g/mol. The van der Waals surface area contributed by atoms with Crippen LogP contribution in [0.2, 0.25) is 0 Å². The number of rotatable bonds is 6. The first-order chi connectivity index (χ1) is 15.3. The van der Waals surface area contributed by atoms with Gasteiger partial charge in [0.1, 0.15) is 16.2 Å². The first kappa shape index (κ1) is 23.6. The number of carbonyl (C=O) groups excluding carboxylic acids is 1. The molecule has 3 N–H and O–H groups in total. The molecule has 0 aromatic heterocycles. The summed E-state index contributed by atoms with van der Waals surface area (Å²) in [6.45, 7) is 4.23. The molecule has 3 aliphatic rings. The zero-order chi connectivity index (χ0) is 24.2. The van der Waals surface area contributed by atoms with E-state index in [1.165, 1.54) is 12.1 Å². The number of aliphatic hydroxyl groups is 1. The summed E-state index contributed by atoms with van der Waals surface area (Å²) in [5, 5.41) is 14.0. The summed E-state index contributed by atoms with van der Waals surface area (Å²) in [6.07, 6.45) is 5.13. The van der Waals surface area contributed by atoms with E-state index in [-0.39, 0.29) is 39.5 Å². The third-order valence-electron chi connectivity index (χ3n) is 6.38. The molecule has 180 valence electrons.